The van der Waals surface area contributed by atoms with E-state index in [1.54, 1.807) is 12.1 Å². The van der Waals surface area contributed by atoms with E-state index in [1.807, 2.05) is 0 Å². The molecule has 0 spiro atoms. The van der Waals surface area contributed by atoms with Crippen LogP contribution in [0, 0.1) is 0 Å². The summed E-state index contributed by atoms with van der Waals surface area (Å²) in [5.74, 6) is 1.26. The second kappa shape index (κ2) is 5.78. The number of hydrogen-bond acceptors (Lipinski definition) is 4. The fourth-order valence-electron chi connectivity index (χ4n) is 1.99. The van der Waals surface area contributed by atoms with Crippen molar-refractivity contribution in [2.75, 3.05) is 6.79 Å². The van der Waals surface area contributed by atoms with Gasteiger partial charge in [-0.3, -0.25) is 0 Å². The Kier molecular flexibility index (Phi) is 4.32. The SMILES string of the molecule is CCCC[C@H](O)[C@H](N)c1cc2c(cc1Cl)OCO2. The van der Waals surface area contributed by atoms with Crippen LogP contribution in [0.4, 0.5) is 0 Å². The molecule has 1 aliphatic heterocycles. The number of hydrogen-bond donors (Lipinski definition) is 2. The normalized spacial score (nSPS) is 16.7. The molecule has 0 unspecified atom stereocenters. The van der Waals surface area contributed by atoms with Gasteiger partial charge in [-0.1, -0.05) is 31.4 Å². The van der Waals surface area contributed by atoms with E-state index in [2.05, 4.69) is 6.92 Å². The van der Waals surface area contributed by atoms with Crippen molar-refractivity contribution < 1.29 is 14.6 Å². The molecule has 0 radical (unpaired) electrons. The highest BCUT2D eigenvalue weighted by atomic mass is 35.5. The fourth-order valence-corrected chi connectivity index (χ4v) is 2.27. The molecule has 4 nitrogen and oxygen atoms in total. The van der Waals surface area contributed by atoms with Crippen molar-refractivity contribution in [2.45, 2.75) is 38.3 Å². The molecule has 3 N–H and O–H groups in total. The molecule has 5 heteroatoms. The van der Waals surface area contributed by atoms with Crippen LogP contribution in [-0.4, -0.2) is 18.0 Å². The van der Waals surface area contributed by atoms with Gasteiger partial charge in [-0.05, 0) is 18.1 Å². The van der Waals surface area contributed by atoms with Crippen LogP contribution in [0.3, 0.4) is 0 Å². The summed E-state index contributed by atoms with van der Waals surface area (Å²) >= 11 is 6.15. The largest absolute Gasteiger partial charge is 0.454 e. The maximum Gasteiger partial charge on any atom is 0.231 e. The van der Waals surface area contributed by atoms with Crippen molar-refractivity contribution in [1.82, 2.24) is 0 Å². The molecular formula is C13H18ClNO3. The second-order valence-electron chi connectivity index (χ2n) is 4.46. The molecule has 1 heterocycles. The average Bonchev–Trinajstić information content (AvgIpc) is 2.81. The lowest BCUT2D eigenvalue weighted by Gasteiger charge is -2.20. The van der Waals surface area contributed by atoms with E-state index in [4.69, 9.17) is 26.8 Å². The number of aliphatic hydroxyl groups excluding tert-OH is 1. The zero-order chi connectivity index (χ0) is 13.1. The number of aliphatic hydroxyl groups is 1. The summed E-state index contributed by atoms with van der Waals surface area (Å²) in [6.45, 7) is 2.27. The van der Waals surface area contributed by atoms with Crippen LogP contribution in [0.5, 0.6) is 11.5 Å². The summed E-state index contributed by atoms with van der Waals surface area (Å²) in [6, 6.07) is 2.94. The van der Waals surface area contributed by atoms with Crippen molar-refractivity contribution in [3.05, 3.63) is 22.7 Å². The lowest BCUT2D eigenvalue weighted by Crippen LogP contribution is -2.26. The number of ether oxygens (including phenoxy) is 2. The molecule has 0 aromatic heterocycles. The first kappa shape index (κ1) is 13.5. The van der Waals surface area contributed by atoms with Crippen LogP contribution >= 0.6 is 11.6 Å². The Morgan fingerprint density at radius 3 is 2.72 bits per heavy atom. The molecule has 1 aliphatic rings. The molecule has 0 saturated carbocycles. The monoisotopic (exact) mass is 271 g/mol. The van der Waals surface area contributed by atoms with Crippen molar-refractivity contribution in [3.8, 4) is 11.5 Å². The fraction of sp³-hybridized carbons (Fsp3) is 0.538. The van der Waals surface area contributed by atoms with Crippen LogP contribution in [0.1, 0.15) is 37.8 Å². The van der Waals surface area contributed by atoms with Gasteiger partial charge < -0.3 is 20.3 Å². The third kappa shape index (κ3) is 2.71. The first-order chi connectivity index (χ1) is 8.63. The predicted molar refractivity (Wildman–Crippen MR) is 70.0 cm³/mol. The van der Waals surface area contributed by atoms with E-state index in [1.165, 1.54) is 0 Å². The number of fused-ring (bicyclic) bond motifs is 1. The summed E-state index contributed by atoms with van der Waals surface area (Å²) in [5, 5.41) is 10.5. The zero-order valence-corrected chi connectivity index (χ0v) is 11.1. The summed E-state index contributed by atoms with van der Waals surface area (Å²) < 4.78 is 10.5. The van der Waals surface area contributed by atoms with Gasteiger partial charge in [0.15, 0.2) is 11.5 Å². The number of nitrogens with two attached hydrogens (primary N) is 1. The standard InChI is InChI=1S/C13H18ClNO3/c1-2-3-4-10(16)13(15)8-5-11-12(6-9(8)14)18-7-17-11/h5-6,10,13,16H,2-4,7,15H2,1H3/t10-,13+/m0/s1. The predicted octanol–water partition coefficient (Wildman–Crippen LogP) is 2.62. The molecule has 100 valence electrons. The van der Waals surface area contributed by atoms with Gasteiger partial charge in [-0.25, -0.2) is 0 Å². The maximum absolute atomic E-state index is 10.0. The number of benzene rings is 1. The molecule has 0 fully saturated rings. The molecule has 1 aromatic rings. The van der Waals surface area contributed by atoms with Gasteiger partial charge in [0.05, 0.1) is 12.1 Å². The third-order valence-corrected chi connectivity index (χ3v) is 3.45. The maximum atomic E-state index is 10.0. The van der Waals surface area contributed by atoms with Gasteiger partial charge in [-0.15, -0.1) is 0 Å². The van der Waals surface area contributed by atoms with Crippen molar-refractivity contribution in [1.29, 1.82) is 0 Å². The van der Waals surface area contributed by atoms with Crippen molar-refractivity contribution >= 4 is 11.6 Å². The molecule has 18 heavy (non-hydrogen) atoms. The van der Waals surface area contributed by atoms with Crippen LogP contribution in [-0.2, 0) is 0 Å². The van der Waals surface area contributed by atoms with E-state index in [-0.39, 0.29) is 6.79 Å². The van der Waals surface area contributed by atoms with Crippen LogP contribution in [0.15, 0.2) is 12.1 Å². The van der Waals surface area contributed by atoms with Crippen LogP contribution in [0.2, 0.25) is 5.02 Å². The minimum Gasteiger partial charge on any atom is -0.454 e. The van der Waals surface area contributed by atoms with Gasteiger partial charge in [0.25, 0.3) is 0 Å². The van der Waals surface area contributed by atoms with Gasteiger partial charge in [0.1, 0.15) is 0 Å². The number of unbranched alkanes of at least 4 members (excludes halogenated alkanes) is 1. The topological polar surface area (TPSA) is 64.7 Å². The molecule has 2 rings (SSSR count). The smallest absolute Gasteiger partial charge is 0.231 e. The first-order valence-electron chi connectivity index (χ1n) is 6.16. The van der Waals surface area contributed by atoms with E-state index in [0.29, 0.717) is 28.5 Å². The summed E-state index contributed by atoms with van der Waals surface area (Å²) in [4.78, 5) is 0. The van der Waals surface area contributed by atoms with Gasteiger partial charge in [-0.2, -0.15) is 0 Å². The zero-order valence-electron chi connectivity index (χ0n) is 10.4. The number of rotatable bonds is 5. The molecule has 2 atom stereocenters. The summed E-state index contributed by atoms with van der Waals surface area (Å²) in [7, 11) is 0. The molecule has 0 amide bonds. The first-order valence-corrected chi connectivity index (χ1v) is 6.54. The van der Waals surface area contributed by atoms with Gasteiger partial charge in [0, 0.05) is 11.1 Å². The van der Waals surface area contributed by atoms with Crippen molar-refractivity contribution in [3.63, 3.8) is 0 Å². The number of halogens is 1. The minimum absolute atomic E-state index is 0.197. The summed E-state index contributed by atoms with van der Waals surface area (Å²) in [6.07, 6.45) is 2.04. The Hall–Kier alpha value is -0.970. The molecule has 0 bridgehead atoms. The Morgan fingerprint density at radius 1 is 1.39 bits per heavy atom. The average molecular weight is 272 g/mol. The minimum atomic E-state index is -0.595. The second-order valence-corrected chi connectivity index (χ2v) is 4.87. The lowest BCUT2D eigenvalue weighted by atomic mass is 9.98. The quantitative estimate of drug-likeness (QED) is 0.864. The van der Waals surface area contributed by atoms with Crippen LogP contribution < -0.4 is 15.2 Å². The van der Waals surface area contributed by atoms with Crippen molar-refractivity contribution in [2.24, 2.45) is 5.73 Å². The van der Waals surface area contributed by atoms with E-state index in [0.717, 1.165) is 12.8 Å². The molecule has 1 aromatic carbocycles. The Labute approximate surface area is 112 Å². The highest BCUT2D eigenvalue weighted by Crippen LogP contribution is 2.39. The van der Waals surface area contributed by atoms with Gasteiger partial charge in [0.2, 0.25) is 6.79 Å². The van der Waals surface area contributed by atoms with E-state index in [9.17, 15) is 5.11 Å². The Morgan fingerprint density at radius 2 is 2.06 bits per heavy atom. The van der Waals surface area contributed by atoms with Gasteiger partial charge >= 0.3 is 0 Å². The van der Waals surface area contributed by atoms with E-state index < -0.39 is 12.1 Å². The van der Waals surface area contributed by atoms with Crippen LogP contribution in [0.25, 0.3) is 0 Å². The third-order valence-electron chi connectivity index (χ3n) is 3.12. The molecule has 0 saturated heterocycles. The summed E-state index contributed by atoms with van der Waals surface area (Å²) in [5.41, 5.74) is 6.74. The Balaban J connectivity index is 2.17. The van der Waals surface area contributed by atoms with E-state index >= 15 is 0 Å². The lowest BCUT2D eigenvalue weighted by molar-refractivity contribution is 0.132. The Bertz CT molecular complexity index is 425. The molecular weight excluding hydrogens is 254 g/mol. The molecule has 0 aliphatic carbocycles. The highest BCUT2D eigenvalue weighted by molar-refractivity contribution is 6.31. The highest BCUT2D eigenvalue weighted by Gasteiger charge is 2.23.